The van der Waals surface area contributed by atoms with Crippen LogP contribution in [0.15, 0.2) is 34.5 Å². The Morgan fingerprint density at radius 1 is 1.24 bits per heavy atom. The molecule has 1 atom stereocenters. The van der Waals surface area contributed by atoms with Crippen LogP contribution in [0.5, 0.6) is 0 Å². The van der Waals surface area contributed by atoms with E-state index in [1.807, 2.05) is 31.2 Å². The molecular weight excluding hydrogens is 362 g/mol. The smallest absolute Gasteiger partial charge is 0.284 e. The number of hydrogen-bond donors (Lipinski definition) is 3. The minimum absolute atomic E-state index is 0.0343. The summed E-state index contributed by atoms with van der Waals surface area (Å²) in [5.41, 5.74) is 1.79. The second kappa shape index (κ2) is 7.70. The van der Waals surface area contributed by atoms with E-state index in [0.29, 0.717) is 22.4 Å². The highest BCUT2D eigenvalue weighted by Crippen LogP contribution is 2.23. The molecule has 0 aliphatic carbocycles. The summed E-state index contributed by atoms with van der Waals surface area (Å²) in [5.74, 6) is 0.339. The highest BCUT2D eigenvalue weighted by molar-refractivity contribution is 8.15. The van der Waals surface area contributed by atoms with Gasteiger partial charge in [0.05, 0.1) is 5.75 Å². The second-order valence-corrected chi connectivity index (χ2v) is 7.51. The Kier molecular flexibility index (Phi) is 5.39. The van der Waals surface area contributed by atoms with Crippen molar-refractivity contribution in [1.29, 1.82) is 0 Å². The Morgan fingerprint density at radius 2 is 2.00 bits per heavy atom. The molecule has 0 aromatic heterocycles. The maximum absolute atomic E-state index is 12.1. The van der Waals surface area contributed by atoms with Gasteiger partial charge in [0.2, 0.25) is 11.8 Å². The molecule has 8 nitrogen and oxygen atoms in total. The number of nitrogens with zero attached hydrogens (tertiary/aromatic N) is 2. The third kappa shape index (κ3) is 4.83. The molecule has 0 unspecified atom stereocenters. The van der Waals surface area contributed by atoms with Gasteiger partial charge in [-0.2, -0.15) is 0 Å². The topological polar surface area (TPSA) is 112 Å². The maximum atomic E-state index is 12.1. The number of aryl methyl sites for hydroxylation is 1. The Morgan fingerprint density at radius 3 is 2.68 bits per heavy atom. The quantitative estimate of drug-likeness (QED) is 0.691. The van der Waals surface area contributed by atoms with Gasteiger partial charge in [-0.3, -0.25) is 14.4 Å². The van der Waals surface area contributed by atoms with E-state index >= 15 is 0 Å². The van der Waals surface area contributed by atoms with Crippen LogP contribution < -0.4 is 16.0 Å². The van der Waals surface area contributed by atoms with E-state index < -0.39 is 5.25 Å². The molecule has 3 N–H and O–H groups in total. The molecule has 2 aliphatic rings. The van der Waals surface area contributed by atoms with Crippen molar-refractivity contribution in [1.82, 2.24) is 10.6 Å². The van der Waals surface area contributed by atoms with Crippen LogP contribution in [-0.4, -0.2) is 39.1 Å². The summed E-state index contributed by atoms with van der Waals surface area (Å²) < 4.78 is 0. The summed E-state index contributed by atoms with van der Waals surface area (Å²) in [5, 5.41) is 15.3. The van der Waals surface area contributed by atoms with Gasteiger partial charge >= 0.3 is 0 Å². The van der Waals surface area contributed by atoms with Crippen LogP contribution in [0.25, 0.3) is 0 Å². The molecule has 0 radical (unpaired) electrons. The molecule has 1 aromatic carbocycles. The van der Waals surface area contributed by atoms with Gasteiger partial charge in [-0.15, -0.1) is 10.2 Å². The fourth-order valence-electron chi connectivity index (χ4n) is 2.09. The highest BCUT2D eigenvalue weighted by atomic mass is 32.2. The highest BCUT2D eigenvalue weighted by Gasteiger charge is 2.32. The molecule has 10 heteroatoms. The van der Waals surface area contributed by atoms with E-state index in [-0.39, 0.29) is 23.5 Å². The number of thioether (sulfide) groups is 2. The van der Waals surface area contributed by atoms with Crippen molar-refractivity contribution in [2.24, 2.45) is 10.2 Å². The number of carbonyl (C=O) groups excluding carboxylic acids is 3. The van der Waals surface area contributed by atoms with Crippen molar-refractivity contribution in [2.45, 2.75) is 18.6 Å². The molecule has 2 fully saturated rings. The summed E-state index contributed by atoms with van der Waals surface area (Å²) in [6.45, 7) is 1.96. The van der Waals surface area contributed by atoms with Crippen molar-refractivity contribution >= 4 is 57.3 Å². The fourth-order valence-corrected chi connectivity index (χ4v) is 3.59. The lowest BCUT2D eigenvalue weighted by Crippen LogP contribution is -2.28. The van der Waals surface area contributed by atoms with Gasteiger partial charge in [0.25, 0.3) is 5.24 Å². The number of benzene rings is 1. The van der Waals surface area contributed by atoms with Crippen molar-refractivity contribution in [3.8, 4) is 0 Å². The molecule has 25 heavy (non-hydrogen) atoms. The van der Waals surface area contributed by atoms with Crippen molar-refractivity contribution in [3.63, 3.8) is 0 Å². The minimum Gasteiger partial charge on any atom is -0.326 e. The standard InChI is InChI=1S/C15H15N5O3S2/c1-8-2-4-9(5-3-8)16-12(21)6-10-13(22)18-14(25-10)20-19-11-7-24-15(23)17-11/h2-5,10H,6-7H2,1H3,(H,16,21)(H,17,19,23)(H,18,20,22)/t10-/m1/s1. The SMILES string of the molecule is Cc1ccc(NC(=O)C[C@H]2S/C(=N/N=C3\CSC(=O)N3)NC2=O)cc1. The molecule has 3 rings (SSSR count). The molecule has 1 aromatic rings. The van der Waals surface area contributed by atoms with Crippen molar-refractivity contribution in [3.05, 3.63) is 29.8 Å². The zero-order chi connectivity index (χ0) is 17.8. The molecule has 0 spiro atoms. The van der Waals surface area contributed by atoms with Gasteiger partial charge in [0.15, 0.2) is 5.17 Å². The average Bonchev–Trinajstić information content (AvgIpc) is 3.14. The Bertz CT molecular complexity index is 776. The van der Waals surface area contributed by atoms with Crippen LogP contribution in [0.3, 0.4) is 0 Å². The number of amides is 3. The van der Waals surface area contributed by atoms with E-state index in [0.717, 1.165) is 29.1 Å². The predicted molar refractivity (Wildman–Crippen MR) is 99.8 cm³/mol. The van der Waals surface area contributed by atoms with Crippen molar-refractivity contribution < 1.29 is 14.4 Å². The lowest BCUT2D eigenvalue weighted by molar-refractivity contribution is -0.122. The first-order valence-electron chi connectivity index (χ1n) is 7.42. The lowest BCUT2D eigenvalue weighted by Gasteiger charge is -2.07. The monoisotopic (exact) mass is 377 g/mol. The maximum Gasteiger partial charge on any atom is 0.284 e. The Hall–Kier alpha value is -2.33. The first-order valence-corrected chi connectivity index (χ1v) is 9.28. The molecule has 0 saturated carbocycles. The predicted octanol–water partition coefficient (Wildman–Crippen LogP) is 1.68. The van der Waals surface area contributed by atoms with Gasteiger partial charge in [0, 0.05) is 12.1 Å². The largest absolute Gasteiger partial charge is 0.326 e. The normalized spacial score (nSPS) is 23.0. The van der Waals surface area contributed by atoms with Crippen LogP contribution in [0, 0.1) is 6.92 Å². The summed E-state index contributed by atoms with van der Waals surface area (Å²) >= 11 is 2.25. The molecule has 2 saturated heterocycles. The molecular formula is C15H15N5O3S2. The van der Waals surface area contributed by atoms with Crippen LogP contribution in [-0.2, 0) is 9.59 Å². The number of rotatable bonds is 4. The number of anilines is 1. The summed E-state index contributed by atoms with van der Waals surface area (Å²) in [7, 11) is 0. The van der Waals surface area contributed by atoms with Gasteiger partial charge in [-0.1, -0.05) is 41.2 Å². The molecule has 3 amide bonds. The van der Waals surface area contributed by atoms with Crippen LogP contribution in [0.1, 0.15) is 12.0 Å². The van der Waals surface area contributed by atoms with Gasteiger partial charge in [-0.25, -0.2) is 0 Å². The minimum atomic E-state index is -0.558. The first-order chi connectivity index (χ1) is 12.0. The third-order valence-corrected chi connectivity index (χ3v) is 5.18. The zero-order valence-electron chi connectivity index (χ0n) is 13.2. The summed E-state index contributed by atoms with van der Waals surface area (Å²) in [4.78, 5) is 35.1. The van der Waals surface area contributed by atoms with Crippen LogP contribution >= 0.6 is 23.5 Å². The number of hydrogen-bond acceptors (Lipinski definition) is 7. The van der Waals surface area contributed by atoms with Crippen molar-refractivity contribution in [2.75, 3.05) is 11.1 Å². The molecule has 2 heterocycles. The van der Waals surface area contributed by atoms with Gasteiger partial charge < -0.3 is 16.0 Å². The van der Waals surface area contributed by atoms with E-state index in [1.165, 1.54) is 0 Å². The average molecular weight is 377 g/mol. The van der Waals surface area contributed by atoms with Crippen LogP contribution in [0.2, 0.25) is 0 Å². The van der Waals surface area contributed by atoms with E-state index in [9.17, 15) is 14.4 Å². The summed E-state index contributed by atoms with van der Waals surface area (Å²) in [6.07, 6.45) is 0.0343. The first kappa shape index (κ1) is 17.5. The Balaban J connectivity index is 1.54. The summed E-state index contributed by atoms with van der Waals surface area (Å²) in [6, 6.07) is 7.42. The van der Waals surface area contributed by atoms with E-state index in [2.05, 4.69) is 26.2 Å². The van der Waals surface area contributed by atoms with Gasteiger partial charge in [-0.05, 0) is 19.1 Å². The molecule has 0 bridgehead atoms. The van der Waals surface area contributed by atoms with E-state index in [4.69, 9.17) is 0 Å². The van der Waals surface area contributed by atoms with Crippen LogP contribution in [0.4, 0.5) is 10.5 Å². The second-order valence-electron chi connectivity index (χ2n) is 5.37. The molecule has 130 valence electrons. The van der Waals surface area contributed by atoms with Gasteiger partial charge in [0.1, 0.15) is 11.1 Å². The van der Waals surface area contributed by atoms with E-state index in [1.54, 1.807) is 0 Å². The Labute approximate surface area is 152 Å². The fraction of sp³-hybridized carbons (Fsp3) is 0.267. The third-order valence-electron chi connectivity index (χ3n) is 3.33. The zero-order valence-corrected chi connectivity index (χ0v) is 14.9. The number of amidine groups is 2. The number of carbonyl (C=O) groups is 3. The lowest BCUT2D eigenvalue weighted by atomic mass is 10.2. The number of nitrogens with one attached hydrogen (secondary N) is 3. The molecule has 2 aliphatic heterocycles.